The van der Waals surface area contributed by atoms with Crippen LogP contribution in [-0.4, -0.2) is 76.7 Å². The average Bonchev–Trinajstić information content (AvgIpc) is 3.76. The van der Waals surface area contributed by atoms with Gasteiger partial charge in [0.2, 0.25) is 0 Å². The van der Waals surface area contributed by atoms with Gasteiger partial charge >= 0.3 is 6.01 Å². The summed E-state index contributed by atoms with van der Waals surface area (Å²) in [5.74, 6) is 0.680. The van der Waals surface area contributed by atoms with Crippen LogP contribution < -0.4 is 9.64 Å². The number of nitriles is 1. The lowest BCUT2D eigenvalue weighted by molar-refractivity contribution is 0.107. The molecule has 3 fully saturated rings. The number of anilines is 1. The molecule has 2 aromatic carbocycles. The van der Waals surface area contributed by atoms with E-state index < -0.39 is 0 Å². The number of ether oxygens (including phenoxy) is 1. The maximum atomic E-state index is 15.5. The van der Waals surface area contributed by atoms with Gasteiger partial charge < -0.3 is 14.7 Å². The standard InChI is InChI=1S/C41H49FN6O2.CH5P/c1-6-25(4)44-38-31(8-3)36-37(26(5)34(38)32-22-29(49)21-28-11-12-33(42)30(7-2)35(28)32)45-40(46-39(36)47-19-13-27(23-43)14-20-47)50-24-41-15-9-17-48(41)18-10-16-41;1-2/h8,11-12,21-22,25,27,49H,6-7,9-10,13-20,24H2,1-5H3;2H2,1H3/b31-8-,44-38?;. The lowest BCUT2D eigenvalue weighted by Gasteiger charge is -2.35. The summed E-state index contributed by atoms with van der Waals surface area (Å²) in [6, 6.07) is 9.52. The van der Waals surface area contributed by atoms with E-state index in [0.717, 1.165) is 101 Å². The summed E-state index contributed by atoms with van der Waals surface area (Å²) in [6.07, 6.45) is 9.56. The van der Waals surface area contributed by atoms with Crippen molar-refractivity contribution >= 4 is 48.3 Å². The first-order chi connectivity index (χ1) is 25.2. The monoisotopic (exact) mass is 724 g/mol. The number of aromatic hydroxyl groups is 1. The zero-order chi connectivity index (χ0) is 37.2. The van der Waals surface area contributed by atoms with Gasteiger partial charge in [-0.2, -0.15) is 15.2 Å². The van der Waals surface area contributed by atoms with Crippen molar-refractivity contribution < 1.29 is 14.2 Å². The Morgan fingerprint density at radius 2 is 1.85 bits per heavy atom. The summed E-state index contributed by atoms with van der Waals surface area (Å²) in [5.41, 5.74) is 6.47. The van der Waals surface area contributed by atoms with Gasteiger partial charge in [0, 0.05) is 36.2 Å². The number of phenols is 1. The second-order valence-corrected chi connectivity index (χ2v) is 14.6. The minimum Gasteiger partial charge on any atom is -0.508 e. The van der Waals surface area contributed by atoms with E-state index in [1.165, 1.54) is 18.9 Å². The molecule has 7 rings (SSSR count). The van der Waals surface area contributed by atoms with Crippen molar-refractivity contribution in [3.8, 4) is 17.8 Å². The number of hydrogen-bond donors (Lipinski definition) is 1. The van der Waals surface area contributed by atoms with E-state index in [4.69, 9.17) is 19.7 Å². The Bertz CT molecular complexity index is 1950. The number of rotatable bonds is 8. The normalized spacial score (nSPS) is 20.9. The zero-order valence-corrected chi connectivity index (χ0v) is 32.9. The van der Waals surface area contributed by atoms with Gasteiger partial charge in [0.05, 0.1) is 28.6 Å². The number of aromatic nitrogens is 2. The molecule has 2 unspecified atom stereocenters. The van der Waals surface area contributed by atoms with Crippen molar-refractivity contribution in [2.24, 2.45) is 10.9 Å². The highest BCUT2D eigenvalue weighted by atomic mass is 31.0. The Hall–Kier alpha value is -3.86. The lowest BCUT2D eigenvalue weighted by atomic mass is 9.78. The summed E-state index contributed by atoms with van der Waals surface area (Å²) in [5, 5.41) is 22.3. The third-order valence-electron chi connectivity index (χ3n) is 11.6. The largest absolute Gasteiger partial charge is 0.508 e. The SMILES string of the molecule is C/C=C1\C(=NC(C)CC)C(c2cc(O)cc3ccc(F)c(CC)c23)=C(C)c2nc(OCC34CCCN3CCC4)nc(N3CCC(C#N)CC3)c21.CP. The number of phenolic OH excluding ortho intramolecular Hbond substituents is 1. The highest BCUT2D eigenvalue weighted by Gasteiger charge is 2.45. The van der Waals surface area contributed by atoms with E-state index in [1.54, 1.807) is 18.2 Å². The van der Waals surface area contributed by atoms with Gasteiger partial charge in [0.25, 0.3) is 0 Å². The third-order valence-corrected chi connectivity index (χ3v) is 11.6. The van der Waals surface area contributed by atoms with Gasteiger partial charge in [-0.25, -0.2) is 4.39 Å². The molecule has 4 heterocycles. The predicted octanol–water partition coefficient (Wildman–Crippen LogP) is 8.86. The minimum absolute atomic E-state index is 0.00799. The molecule has 0 radical (unpaired) electrons. The number of fused-ring (bicyclic) bond motifs is 3. The third kappa shape index (κ3) is 6.85. The van der Waals surface area contributed by atoms with Crippen molar-refractivity contribution in [1.82, 2.24) is 14.9 Å². The lowest BCUT2D eigenvalue weighted by Crippen LogP contribution is -2.43. The first kappa shape index (κ1) is 37.9. The first-order valence-corrected chi connectivity index (χ1v) is 20.3. The Balaban J connectivity index is 0.00000228. The fraction of sp³-hybridized carbons (Fsp3) is 0.524. The molecule has 1 N–H and O–H groups in total. The van der Waals surface area contributed by atoms with Crippen LogP contribution in [0.25, 0.3) is 27.5 Å². The van der Waals surface area contributed by atoms with Crippen LogP contribution in [0.15, 0.2) is 35.3 Å². The van der Waals surface area contributed by atoms with Crippen molar-refractivity contribution in [3.05, 3.63) is 58.5 Å². The minimum atomic E-state index is -0.263. The van der Waals surface area contributed by atoms with Gasteiger partial charge in [0.15, 0.2) is 0 Å². The molecule has 3 aliphatic heterocycles. The molecule has 0 amide bonds. The Labute approximate surface area is 311 Å². The number of nitrogens with zero attached hydrogens (tertiary/aromatic N) is 6. The second kappa shape index (κ2) is 16.0. The number of piperidine rings is 1. The molecule has 276 valence electrons. The molecule has 1 aliphatic carbocycles. The Morgan fingerprint density at radius 3 is 2.48 bits per heavy atom. The van der Waals surface area contributed by atoms with E-state index in [-0.39, 0.29) is 29.1 Å². The van der Waals surface area contributed by atoms with Crippen LogP contribution in [0.3, 0.4) is 0 Å². The van der Waals surface area contributed by atoms with Crippen molar-refractivity contribution in [1.29, 1.82) is 5.26 Å². The quantitative estimate of drug-likeness (QED) is 0.232. The highest BCUT2D eigenvalue weighted by molar-refractivity contribution is 7.15. The van der Waals surface area contributed by atoms with E-state index >= 15 is 4.39 Å². The number of aliphatic imine (C=N–C) groups is 1. The number of allylic oxidation sites excluding steroid dienone is 4. The molecule has 1 aromatic heterocycles. The zero-order valence-electron chi connectivity index (χ0n) is 31.7. The van der Waals surface area contributed by atoms with Crippen LogP contribution in [0.4, 0.5) is 10.2 Å². The maximum Gasteiger partial charge on any atom is 0.319 e. The summed E-state index contributed by atoms with van der Waals surface area (Å²) in [7, 11) is 2.42. The maximum absolute atomic E-state index is 15.5. The van der Waals surface area contributed by atoms with Gasteiger partial charge in [-0.3, -0.25) is 9.89 Å². The molecular formula is C42H54FN6O2P. The van der Waals surface area contributed by atoms with Crippen molar-refractivity contribution in [3.63, 3.8) is 0 Å². The molecule has 2 atom stereocenters. The predicted molar refractivity (Wildman–Crippen MR) is 215 cm³/mol. The number of hydrogen-bond acceptors (Lipinski definition) is 8. The van der Waals surface area contributed by atoms with Gasteiger partial charge in [-0.15, -0.1) is 9.24 Å². The van der Waals surface area contributed by atoms with Crippen LogP contribution in [0.2, 0.25) is 0 Å². The number of aryl methyl sites for hydroxylation is 1. The van der Waals surface area contributed by atoms with E-state index in [2.05, 4.69) is 52.0 Å². The summed E-state index contributed by atoms with van der Waals surface area (Å²) >= 11 is 0. The molecule has 3 aromatic rings. The Morgan fingerprint density at radius 1 is 1.13 bits per heavy atom. The molecule has 0 spiro atoms. The van der Waals surface area contributed by atoms with E-state index in [9.17, 15) is 10.4 Å². The van der Waals surface area contributed by atoms with Gasteiger partial charge in [-0.1, -0.05) is 32.7 Å². The first-order valence-electron chi connectivity index (χ1n) is 19.1. The molecule has 4 aliphatic rings. The molecule has 0 bridgehead atoms. The topological polar surface area (TPSA) is 97.9 Å². The van der Waals surface area contributed by atoms with Crippen LogP contribution in [0.1, 0.15) is 102 Å². The van der Waals surface area contributed by atoms with Gasteiger partial charge in [0.1, 0.15) is 24.0 Å². The molecule has 0 saturated carbocycles. The second-order valence-electron chi connectivity index (χ2n) is 14.6. The van der Waals surface area contributed by atoms with Crippen LogP contribution in [-0.2, 0) is 6.42 Å². The Kier molecular flexibility index (Phi) is 11.7. The summed E-state index contributed by atoms with van der Waals surface area (Å²) < 4.78 is 22.1. The summed E-state index contributed by atoms with van der Waals surface area (Å²) in [6.45, 7) is 16.4. The van der Waals surface area contributed by atoms with Crippen LogP contribution in [0.5, 0.6) is 11.8 Å². The highest BCUT2D eigenvalue weighted by Crippen LogP contribution is 2.48. The molecular weight excluding hydrogens is 670 g/mol. The molecule has 10 heteroatoms. The van der Waals surface area contributed by atoms with Crippen molar-refractivity contribution in [2.45, 2.75) is 97.6 Å². The number of benzene rings is 2. The smallest absolute Gasteiger partial charge is 0.319 e. The molecule has 8 nitrogen and oxygen atoms in total. The fourth-order valence-electron chi connectivity index (χ4n) is 8.77. The van der Waals surface area contributed by atoms with Gasteiger partial charge in [-0.05, 0) is 131 Å². The molecule has 52 heavy (non-hydrogen) atoms. The van der Waals surface area contributed by atoms with Crippen molar-refractivity contribution in [2.75, 3.05) is 44.4 Å². The molecule has 3 saturated heterocycles. The van der Waals surface area contributed by atoms with Crippen LogP contribution in [0, 0.1) is 23.1 Å². The average molecular weight is 725 g/mol. The van der Waals surface area contributed by atoms with Crippen LogP contribution >= 0.6 is 9.24 Å². The van der Waals surface area contributed by atoms with E-state index in [0.29, 0.717) is 37.7 Å². The van der Waals surface area contributed by atoms with E-state index in [1.807, 2.05) is 20.5 Å². The fourth-order valence-corrected chi connectivity index (χ4v) is 8.77. The number of halogens is 1. The summed E-state index contributed by atoms with van der Waals surface area (Å²) in [4.78, 5) is 20.6.